The molecule has 1 atom stereocenters. The standard InChI is InChI=1S/C16H17ClF2N4O2/c1-9(14(24)23-7-11(8-23)16(2,18)19)20-15-22-21-13(25-15)10-3-5-12(17)6-4-10/h3-6,9,11H,7-8H2,1-2H3,(H,20,22)/t9-/m1/s1. The molecule has 1 saturated heterocycles. The first-order valence-electron chi connectivity index (χ1n) is 7.76. The topological polar surface area (TPSA) is 71.3 Å². The zero-order valence-electron chi connectivity index (χ0n) is 13.7. The van der Waals surface area contributed by atoms with Crippen LogP contribution in [0.25, 0.3) is 11.5 Å². The Morgan fingerprint density at radius 3 is 2.60 bits per heavy atom. The minimum atomic E-state index is -2.77. The van der Waals surface area contributed by atoms with Crippen LogP contribution in [0, 0.1) is 5.92 Å². The lowest BCUT2D eigenvalue weighted by Crippen LogP contribution is -2.58. The highest BCUT2D eigenvalue weighted by Crippen LogP contribution is 2.32. The Balaban J connectivity index is 1.58. The molecule has 1 N–H and O–H groups in total. The van der Waals surface area contributed by atoms with Crippen LogP contribution in [0.2, 0.25) is 5.02 Å². The molecule has 25 heavy (non-hydrogen) atoms. The Hall–Kier alpha value is -2.22. The second-order valence-electron chi connectivity index (χ2n) is 6.18. The molecular weight excluding hydrogens is 354 g/mol. The fourth-order valence-corrected chi connectivity index (χ4v) is 2.62. The van der Waals surface area contributed by atoms with Crippen LogP contribution in [-0.4, -0.2) is 46.1 Å². The Morgan fingerprint density at radius 2 is 2.00 bits per heavy atom. The molecule has 0 aliphatic carbocycles. The van der Waals surface area contributed by atoms with E-state index in [1.165, 1.54) is 4.90 Å². The average molecular weight is 371 g/mol. The number of likely N-dealkylation sites (tertiary alicyclic amines) is 1. The van der Waals surface area contributed by atoms with Gasteiger partial charge in [-0.05, 0) is 38.1 Å². The lowest BCUT2D eigenvalue weighted by Gasteiger charge is -2.42. The van der Waals surface area contributed by atoms with Crippen LogP contribution >= 0.6 is 11.6 Å². The second kappa shape index (κ2) is 6.59. The van der Waals surface area contributed by atoms with Crippen LogP contribution in [-0.2, 0) is 4.79 Å². The summed E-state index contributed by atoms with van der Waals surface area (Å²) in [6, 6.07) is 6.29. The Bertz CT molecular complexity index is 754. The summed E-state index contributed by atoms with van der Waals surface area (Å²) in [5.41, 5.74) is 0.694. The molecule has 2 heterocycles. The van der Waals surface area contributed by atoms with Crippen molar-refractivity contribution in [1.29, 1.82) is 0 Å². The van der Waals surface area contributed by atoms with E-state index in [1.54, 1.807) is 31.2 Å². The molecule has 1 aliphatic rings. The highest BCUT2D eigenvalue weighted by molar-refractivity contribution is 6.30. The smallest absolute Gasteiger partial charge is 0.316 e. The summed E-state index contributed by atoms with van der Waals surface area (Å²) in [4.78, 5) is 13.6. The van der Waals surface area contributed by atoms with Crippen LogP contribution < -0.4 is 5.32 Å². The van der Waals surface area contributed by atoms with E-state index in [4.69, 9.17) is 16.0 Å². The first-order valence-corrected chi connectivity index (χ1v) is 8.14. The molecule has 1 aromatic carbocycles. The number of alkyl halides is 2. The van der Waals surface area contributed by atoms with E-state index in [0.29, 0.717) is 10.6 Å². The van der Waals surface area contributed by atoms with E-state index in [-0.39, 0.29) is 30.9 Å². The average Bonchev–Trinajstić information content (AvgIpc) is 2.93. The van der Waals surface area contributed by atoms with Crippen molar-refractivity contribution >= 4 is 23.5 Å². The molecular formula is C16H17ClF2N4O2. The molecule has 1 aliphatic heterocycles. The summed E-state index contributed by atoms with van der Waals surface area (Å²) in [5, 5.41) is 11.1. The Kier molecular flexibility index (Phi) is 4.64. The molecule has 6 nitrogen and oxygen atoms in total. The summed E-state index contributed by atoms with van der Waals surface area (Å²) in [5.74, 6) is -3.56. The minimum absolute atomic E-state index is 0.0498. The number of halogens is 3. The van der Waals surface area contributed by atoms with Crippen molar-refractivity contribution in [3.05, 3.63) is 29.3 Å². The minimum Gasteiger partial charge on any atom is -0.403 e. The molecule has 3 rings (SSSR count). The largest absolute Gasteiger partial charge is 0.403 e. The number of benzene rings is 1. The molecule has 0 saturated carbocycles. The van der Waals surface area contributed by atoms with Crippen molar-refractivity contribution < 1.29 is 18.0 Å². The molecule has 1 amide bonds. The van der Waals surface area contributed by atoms with Gasteiger partial charge in [-0.15, -0.1) is 5.10 Å². The highest BCUT2D eigenvalue weighted by Gasteiger charge is 2.45. The number of aromatic nitrogens is 2. The highest BCUT2D eigenvalue weighted by atomic mass is 35.5. The third kappa shape index (κ3) is 3.89. The number of carbonyl (C=O) groups is 1. The van der Waals surface area contributed by atoms with Gasteiger partial charge in [0.1, 0.15) is 6.04 Å². The van der Waals surface area contributed by atoms with Crippen LogP contribution in [0.4, 0.5) is 14.8 Å². The first-order chi connectivity index (χ1) is 11.7. The van der Waals surface area contributed by atoms with Gasteiger partial charge in [-0.1, -0.05) is 16.7 Å². The maximum Gasteiger partial charge on any atom is 0.316 e. The summed E-state index contributed by atoms with van der Waals surface area (Å²) in [7, 11) is 0. The monoisotopic (exact) mass is 370 g/mol. The normalized spacial score (nSPS) is 16.4. The first kappa shape index (κ1) is 17.6. The molecule has 0 unspecified atom stereocenters. The van der Waals surface area contributed by atoms with Crippen molar-refractivity contribution in [2.45, 2.75) is 25.8 Å². The van der Waals surface area contributed by atoms with Crippen molar-refractivity contribution in [3.8, 4) is 11.5 Å². The molecule has 1 fully saturated rings. The number of anilines is 1. The SMILES string of the molecule is C[C@@H](Nc1nnc(-c2ccc(Cl)cc2)o1)C(=O)N1CC(C(C)(F)F)C1. The quantitative estimate of drug-likeness (QED) is 0.874. The van der Waals surface area contributed by atoms with Gasteiger partial charge in [0.15, 0.2) is 0 Å². The fourth-order valence-electron chi connectivity index (χ4n) is 2.49. The lowest BCUT2D eigenvalue weighted by atomic mass is 9.93. The molecule has 1 aromatic heterocycles. The van der Waals surface area contributed by atoms with Crippen LogP contribution in [0.15, 0.2) is 28.7 Å². The molecule has 0 spiro atoms. The van der Waals surface area contributed by atoms with Gasteiger partial charge in [-0.25, -0.2) is 8.78 Å². The molecule has 0 bridgehead atoms. The fraction of sp³-hybridized carbons (Fsp3) is 0.438. The maximum absolute atomic E-state index is 13.1. The molecule has 9 heteroatoms. The number of hydrogen-bond donors (Lipinski definition) is 1. The van der Waals surface area contributed by atoms with Gasteiger partial charge >= 0.3 is 6.01 Å². The number of nitrogens with one attached hydrogen (secondary N) is 1. The maximum atomic E-state index is 13.1. The second-order valence-corrected chi connectivity index (χ2v) is 6.62. The van der Waals surface area contributed by atoms with E-state index in [1.807, 2.05) is 0 Å². The van der Waals surface area contributed by atoms with E-state index in [0.717, 1.165) is 6.92 Å². The Labute approximate surface area is 148 Å². The molecule has 2 aromatic rings. The summed E-state index contributed by atoms with van der Waals surface area (Å²) in [6.45, 7) is 2.59. The third-order valence-electron chi connectivity index (χ3n) is 4.14. The zero-order chi connectivity index (χ0) is 18.2. The lowest BCUT2D eigenvalue weighted by molar-refractivity contribution is -0.151. The van der Waals surface area contributed by atoms with Crippen molar-refractivity contribution in [3.63, 3.8) is 0 Å². The van der Waals surface area contributed by atoms with Crippen LogP contribution in [0.5, 0.6) is 0 Å². The number of amides is 1. The third-order valence-corrected chi connectivity index (χ3v) is 4.39. The summed E-state index contributed by atoms with van der Waals surface area (Å²) < 4.78 is 31.8. The van der Waals surface area contributed by atoms with Gasteiger partial charge < -0.3 is 14.6 Å². The van der Waals surface area contributed by atoms with Gasteiger partial charge in [-0.3, -0.25) is 4.79 Å². The van der Waals surface area contributed by atoms with Crippen molar-refractivity contribution in [2.75, 3.05) is 18.4 Å². The van der Waals surface area contributed by atoms with Crippen molar-refractivity contribution in [2.24, 2.45) is 5.92 Å². The zero-order valence-corrected chi connectivity index (χ0v) is 14.4. The van der Waals surface area contributed by atoms with Crippen molar-refractivity contribution in [1.82, 2.24) is 15.1 Å². The number of hydrogen-bond acceptors (Lipinski definition) is 5. The summed E-state index contributed by atoms with van der Waals surface area (Å²) >= 11 is 5.83. The van der Waals surface area contributed by atoms with Gasteiger partial charge in [0, 0.05) is 23.7 Å². The van der Waals surface area contributed by atoms with Gasteiger partial charge in [-0.2, -0.15) is 0 Å². The number of carbonyl (C=O) groups excluding carboxylic acids is 1. The van der Waals surface area contributed by atoms with E-state index in [9.17, 15) is 13.6 Å². The summed E-state index contributed by atoms with van der Waals surface area (Å²) in [6.07, 6.45) is 0. The van der Waals surface area contributed by atoms with Gasteiger partial charge in [0.2, 0.25) is 11.8 Å². The van der Waals surface area contributed by atoms with E-state index < -0.39 is 17.9 Å². The predicted molar refractivity (Wildman–Crippen MR) is 88.5 cm³/mol. The Morgan fingerprint density at radius 1 is 1.36 bits per heavy atom. The van der Waals surface area contributed by atoms with Crippen LogP contribution in [0.3, 0.4) is 0 Å². The van der Waals surface area contributed by atoms with Gasteiger partial charge in [0.25, 0.3) is 5.92 Å². The van der Waals surface area contributed by atoms with Gasteiger partial charge in [0.05, 0.1) is 5.92 Å². The van der Waals surface area contributed by atoms with E-state index >= 15 is 0 Å². The number of rotatable bonds is 5. The number of nitrogens with zero attached hydrogens (tertiary/aromatic N) is 3. The van der Waals surface area contributed by atoms with E-state index in [2.05, 4.69) is 15.5 Å². The predicted octanol–water partition coefficient (Wildman–Crippen LogP) is 3.30. The molecule has 0 radical (unpaired) electrons. The van der Waals surface area contributed by atoms with Crippen LogP contribution in [0.1, 0.15) is 13.8 Å². The molecule has 134 valence electrons.